The predicted molar refractivity (Wildman–Crippen MR) is 78.1 cm³/mol. The van der Waals surface area contributed by atoms with Crippen LogP contribution in [0.2, 0.25) is 0 Å². The molecule has 0 aliphatic rings. The van der Waals surface area contributed by atoms with Crippen molar-refractivity contribution in [1.82, 2.24) is 10.3 Å². The van der Waals surface area contributed by atoms with Gasteiger partial charge in [0.05, 0.1) is 11.3 Å². The summed E-state index contributed by atoms with van der Waals surface area (Å²) in [5.74, 6) is -1.32. The molecule has 0 saturated heterocycles. The monoisotopic (exact) mass is 285 g/mol. The Balaban J connectivity index is 1.93. The van der Waals surface area contributed by atoms with Gasteiger partial charge in [-0.25, -0.2) is 9.78 Å². The summed E-state index contributed by atoms with van der Waals surface area (Å²) < 4.78 is 0. The number of nitrogens with two attached hydrogens (primary N) is 1. The third-order valence-electron chi connectivity index (χ3n) is 2.93. The average molecular weight is 285 g/mol. The van der Waals surface area contributed by atoms with Crippen molar-refractivity contribution in [3.8, 4) is 0 Å². The number of rotatable bonds is 5. The smallest absolute Gasteiger partial charge is 0.335 e. The number of hydrogen-bond acceptors (Lipinski definition) is 4. The highest BCUT2D eigenvalue weighted by Gasteiger charge is 2.10. The van der Waals surface area contributed by atoms with Crippen LogP contribution in [0.3, 0.4) is 0 Å². The van der Waals surface area contributed by atoms with E-state index in [9.17, 15) is 9.59 Å². The zero-order valence-electron chi connectivity index (χ0n) is 11.2. The molecule has 0 saturated carbocycles. The molecule has 6 nitrogen and oxygen atoms in total. The molecule has 0 radical (unpaired) electrons. The minimum atomic E-state index is -0.970. The number of pyridine rings is 1. The molecule has 0 atom stereocenters. The van der Waals surface area contributed by atoms with Crippen LogP contribution in [-0.4, -0.2) is 28.5 Å². The molecule has 0 aliphatic carbocycles. The van der Waals surface area contributed by atoms with Crippen molar-refractivity contribution in [3.05, 3.63) is 59.4 Å². The number of benzene rings is 1. The lowest BCUT2D eigenvalue weighted by Gasteiger charge is -2.07. The number of carbonyl (C=O) groups excluding carboxylic acids is 1. The lowest BCUT2D eigenvalue weighted by Crippen LogP contribution is -2.27. The number of aromatic nitrogens is 1. The van der Waals surface area contributed by atoms with Crippen LogP contribution in [0.5, 0.6) is 0 Å². The number of aromatic carboxylic acids is 1. The third-order valence-corrected chi connectivity index (χ3v) is 2.93. The summed E-state index contributed by atoms with van der Waals surface area (Å²) in [6.07, 6.45) is 2.03. The van der Waals surface area contributed by atoms with Gasteiger partial charge in [0.15, 0.2) is 5.69 Å². The standard InChI is InChI=1S/C15H15N3O3/c16-12-5-2-7-17-13(12)14(19)18-8-6-10-3-1-4-11(9-10)15(20)21/h1-5,7,9H,6,8,16H2,(H,18,19)(H,20,21). The molecule has 1 aromatic carbocycles. The maximum atomic E-state index is 11.9. The summed E-state index contributed by atoms with van der Waals surface area (Å²) in [5, 5.41) is 11.6. The molecule has 2 aromatic rings. The topological polar surface area (TPSA) is 105 Å². The first-order chi connectivity index (χ1) is 10.1. The molecule has 0 fully saturated rings. The van der Waals surface area contributed by atoms with Crippen molar-refractivity contribution in [2.75, 3.05) is 12.3 Å². The number of carboxylic acids is 1. The molecule has 1 amide bonds. The van der Waals surface area contributed by atoms with E-state index in [4.69, 9.17) is 10.8 Å². The molecule has 2 rings (SSSR count). The molecule has 0 spiro atoms. The fraction of sp³-hybridized carbons (Fsp3) is 0.133. The summed E-state index contributed by atoms with van der Waals surface area (Å²) >= 11 is 0. The van der Waals surface area contributed by atoms with Crippen LogP contribution < -0.4 is 11.1 Å². The highest BCUT2D eigenvalue weighted by molar-refractivity contribution is 5.96. The van der Waals surface area contributed by atoms with Crippen LogP contribution in [-0.2, 0) is 6.42 Å². The van der Waals surface area contributed by atoms with Gasteiger partial charge in [0.25, 0.3) is 5.91 Å². The van der Waals surface area contributed by atoms with Gasteiger partial charge in [0, 0.05) is 12.7 Å². The number of nitrogens with one attached hydrogen (secondary N) is 1. The van der Waals surface area contributed by atoms with Crippen molar-refractivity contribution < 1.29 is 14.7 Å². The molecular weight excluding hydrogens is 270 g/mol. The minimum Gasteiger partial charge on any atom is -0.478 e. The van der Waals surface area contributed by atoms with Crippen molar-refractivity contribution in [3.63, 3.8) is 0 Å². The second-order valence-electron chi connectivity index (χ2n) is 4.45. The minimum absolute atomic E-state index is 0.191. The average Bonchev–Trinajstić information content (AvgIpc) is 2.48. The van der Waals surface area contributed by atoms with Crippen LogP contribution in [0, 0.1) is 0 Å². The first-order valence-electron chi connectivity index (χ1n) is 6.39. The molecule has 6 heteroatoms. The Morgan fingerprint density at radius 2 is 2.05 bits per heavy atom. The molecule has 0 aliphatic heterocycles. The van der Waals surface area contributed by atoms with Crippen LogP contribution in [0.1, 0.15) is 26.4 Å². The fourth-order valence-electron chi connectivity index (χ4n) is 1.87. The zero-order chi connectivity index (χ0) is 15.2. The maximum absolute atomic E-state index is 11.9. The maximum Gasteiger partial charge on any atom is 0.335 e. The van der Waals surface area contributed by atoms with Gasteiger partial charge < -0.3 is 16.2 Å². The largest absolute Gasteiger partial charge is 0.478 e. The van der Waals surface area contributed by atoms with Crippen LogP contribution >= 0.6 is 0 Å². The van der Waals surface area contributed by atoms with E-state index in [1.807, 2.05) is 6.07 Å². The Bertz CT molecular complexity index is 671. The van der Waals surface area contributed by atoms with Crippen molar-refractivity contribution in [2.24, 2.45) is 0 Å². The molecule has 0 unspecified atom stereocenters. The summed E-state index contributed by atoms with van der Waals surface area (Å²) in [6, 6.07) is 9.87. The van der Waals surface area contributed by atoms with Gasteiger partial charge in [-0.1, -0.05) is 12.1 Å². The number of carboxylic acid groups (broad SMARTS) is 1. The predicted octanol–water partition coefficient (Wildman–Crippen LogP) is 1.33. The first kappa shape index (κ1) is 14.5. The molecule has 4 N–H and O–H groups in total. The summed E-state index contributed by atoms with van der Waals surface area (Å²) in [7, 11) is 0. The number of nitrogen functional groups attached to an aromatic ring is 1. The van der Waals surface area contributed by atoms with E-state index < -0.39 is 5.97 Å². The Morgan fingerprint density at radius 3 is 2.76 bits per heavy atom. The Morgan fingerprint density at radius 1 is 1.24 bits per heavy atom. The SMILES string of the molecule is Nc1cccnc1C(=O)NCCc1cccc(C(=O)O)c1. The van der Waals surface area contributed by atoms with Gasteiger partial charge in [-0.3, -0.25) is 4.79 Å². The lowest BCUT2D eigenvalue weighted by molar-refractivity contribution is 0.0696. The molecular formula is C15H15N3O3. The third kappa shape index (κ3) is 3.79. The normalized spacial score (nSPS) is 10.1. The highest BCUT2D eigenvalue weighted by Crippen LogP contribution is 2.08. The van der Waals surface area contributed by atoms with Crippen molar-refractivity contribution in [1.29, 1.82) is 0 Å². The molecule has 1 heterocycles. The first-order valence-corrected chi connectivity index (χ1v) is 6.39. The number of amides is 1. The molecule has 21 heavy (non-hydrogen) atoms. The van der Waals surface area contributed by atoms with Crippen molar-refractivity contribution in [2.45, 2.75) is 6.42 Å². The lowest BCUT2D eigenvalue weighted by atomic mass is 10.1. The van der Waals surface area contributed by atoms with Crippen molar-refractivity contribution >= 4 is 17.6 Å². The van der Waals surface area contributed by atoms with Gasteiger partial charge >= 0.3 is 5.97 Å². The van der Waals surface area contributed by atoms with Crippen LogP contribution in [0.4, 0.5) is 5.69 Å². The molecule has 1 aromatic heterocycles. The van der Waals surface area contributed by atoms with Gasteiger partial charge in [-0.15, -0.1) is 0 Å². The quantitative estimate of drug-likeness (QED) is 0.768. The van der Waals surface area contributed by atoms with Gasteiger partial charge in [-0.2, -0.15) is 0 Å². The van der Waals surface area contributed by atoms with E-state index in [1.165, 1.54) is 12.3 Å². The number of hydrogen-bond donors (Lipinski definition) is 3. The van der Waals surface area contributed by atoms with Gasteiger partial charge in [0.2, 0.25) is 0 Å². The fourth-order valence-corrected chi connectivity index (χ4v) is 1.87. The Hall–Kier alpha value is -2.89. The summed E-state index contributed by atoms with van der Waals surface area (Å²) in [4.78, 5) is 26.7. The number of nitrogens with zero attached hydrogens (tertiary/aromatic N) is 1. The van der Waals surface area contributed by atoms with Crippen LogP contribution in [0.25, 0.3) is 0 Å². The van der Waals surface area contributed by atoms with E-state index in [-0.39, 0.29) is 17.2 Å². The zero-order valence-corrected chi connectivity index (χ0v) is 11.2. The van der Waals surface area contributed by atoms with E-state index in [0.29, 0.717) is 18.7 Å². The molecule has 0 bridgehead atoms. The summed E-state index contributed by atoms with van der Waals surface area (Å²) in [6.45, 7) is 0.373. The number of carbonyl (C=O) groups is 2. The van der Waals surface area contributed by atoms with Gasteiger partial charge in [-0.05, 0) is 36.2 Å². The number of anilines is 1. The Labute approximate surface area is 121 Å². The Kier molecular flexibility index (Phi) is 4.50. The second kappa shape index (κ2) is 6.51. The second-order valence-corrected chi connectivity index (χ2v) is 4.45. The van der Waals surface area contributed by atoms with E-state index in [0.717, 1.165) is 5.56 Å². The highest BCUT2D eigenvalue weighted by atomic mass is 16.4. The molecule has 108 valence electrons. The van der Waals surface area contributed by atoms with E-state index in [2.05, 4.69) is 10.3 Å². The van der Waals surface area contributed by atoms with E-state index in [1.54, 1.807) is 24.3 Å². The van der Waals surface area contributed by atoms with Crippen LogP contribution in [0.15, 0.2) is 42.6 Å². The summed E-state index contributed by atoms with van der Waals surface area (Å²) in [5.41, 5.74) is 7.25. The van der Waals surface area contributed by atoms with E-state index >= 15 is 0 Å². The van der Waals surface area contributed by atoms with Gasteiger partial charge in [0.1, 0.15) is 0 Å².